The van der Waals surface area contributed by atoms with Gasteiger partial charge in [-0.3, -0.25) is 14.6 Å². The SMILES string of the molecule is CC1c2nc(C(=O)NCc3ccccn3)cn2CCN1C(=O)C1Cc2ccccc2O1. The second-order valence-corrected chi connectivity index (χ2v) is 7.81. The first-order valence-corrected chi connectivity index (χ1v) is 10.4. The molecule has 5 rings (SSSR count). The van der Waals surface area contributed by atoms with Gasteiger partial charge in [-0.1, -0.05) is 24.3 Å². The molecule has 0 fully saturated rings. The van der Waals surface area contributed by atoms with Crippen molar-refractivity contribution in [3.63, 3.8) is 0 Å². The van der Waals surface area contributed by atoms with Gasteiger partial charge in [0.2, 0.25) is 0 Å². The van der Waals surface area contributed by atoms with E-state index in [9.17, 15) is 9.59 Å². The molecule has 0 bridgehead atoms. The molecule has 0 aliphatic carbocycles. The van der Waals surface area contributed by atoms with Gasteiger partial charge in [0, 0.05) is 31.9 Å². The van der Waals surface area contributed by atoms with Crippen molar-refractivity contribution in [2.75, 3.05) is 6.54 Å². The smallest absolute Gasteiger partial charge is 0.271 e. The van der Waals surface area contributed by atoms with E-state index in [0.29, 0.717) is 37.6 Å². The Morgan fingerprint density at radius 3 is 2.81 bits per heavy atom. The van der Waals surface area contributed by atoms with Gasteiger partial charge in [0.05, 0.1) is 18.3 Å². The Morgan fingerprint density at radius 1 is 1.16 bits per heavy atom. The molecule has 2 aliphatic heterocycles. The third-order valence-electron chi connectivity index (χ3n) is 5.82. The number of hydrogen-bond acceptors (Lipinski definition) is 5. The fourth-order valence-corrected chi connectivity index (χ4v) is 4.17. The number of amides is 2. The maximum atomic E-state index is 13.2. The highest BCUT2D eigenvalue weighted by molar-refractivity contribution is 5.92. The van der Waals surface area contributed by atoms with Crippen LogP contribution in [0.1, 0.15) is 40.5 Å². The number of benzene rings is 1. The average Bonchev–Trinajstić information content (AvgIpc) is 3.43. The molecule has 3 aromatic rings. The van der Waals surface area contributed by atoms with Crippen LogP contribution in [0.5, 0.6) is 5.75 Å². The molecular formula is C23H23N5O3. The Labute approximate surface area is 179 Å². The number of ether oxygens (including phenoxy) is 1. The predicted molar refractivity (Wildman–Crippen MR) is 112 cm³/mol. The molecule has 2 amide bonds. The van der Waals surface area contributed by atoms with Crippen molar-refractivity contribution in [3.05, 3.63) is 77.6 Å². The molecule has 0 saturated heterocycles. The number of fused-ring (bicyclic) bond motifs is 2. The van der Waals surface area contributed by atoms with Crippen molar-refractivity contribution < 1.29 is 14.3 Å². The van der Waals surface area contributed by atoms with E-state index < -0.39 is 6.10 Å². The predicted octanol–water partition coefficient (Wildman–Crippen LogP) is 2.11. The first kappa shape index (κ1) is 19.3. The molecule has 1 N–H and O–H groups in total. The maximum Gasteiger partial charge on any atom is 0.271 e. The Morgan fingerprint density at radius 2 is 2.00 bits per heavy atom. The van der Waals surface area contributed by atoms with Crippen LogP contribution in [0.4, 0.5) is 0 Å². The lowest BCUT2D eigenvalue weighted by Crippen LogP contribution is -2.47. The third kappa shape index (κ3) is 3.65. The van der Waals surface area contributed by atoms with Gasteiger partial charge in [-0.15, -0.1) is 0 Å². The van der Waals surface area contributed by atoms with E-state index in [1.807, 2.05) is 54.0 Å². The monoisotopic (exact) mass is 417 g/mol. The second kappa shape index (κ2) is 7.86. The molecule has 1 aromatic carbocycles. The molecule has 0 spiro atoms. The fraction of sp³-hybridized carbons (Fsp3) is 0.304. The number of para-hydroxylation sites is 1. The van der Waals surface area contributed by atoms with E-state index in [4.69, 9.17) is 4.74 Å². The first-order chi connectivity index (χ1) is 15.1. The van der Waals surface area contributed by atoms with Crippen LogP contribution in [0.25, 0.3) is 0 Å². The van der Waals surface area contributed by atoms with Gasteiger partial charge in [-0.05, 0) is 30.7 Å². The highest BCUT2D eigenvalue weighted by atomic mass is 16.5. The fourth-order valence-electron chi connectivity index (χ4n) is 4.17. The first-order valence-electron chi connectivity index (χ1n) is 10.4. The summed E-state index contributed by atoms with van der Waals surface area (Å²) >= 11 is 0. The lowest BCUT2D eigenvalue weighted by molar-refractivity contribution is -0.141. The highest BCUT2D eigenvalue weighted by Gasteiger charge is 2.37. The molecule has 2 aliphatic rings. The van der Waals surface area contributed by atoms with E-state index in [1.165, 1.54) is 0 Å². The Kier molecular flexibility index (Phi) is 4.89. The number of pyridine rings is 1. The summed E-state index contributed by atoms with van der Waals surface area (Å²) in [7, 11) is 0. The van der Waals surface area contributed by atoms with Crippen molar-refractivity contribution in [3.8, 4) is 5.75 Å². The summed E-state index contributed by atoms with van der Waals surface area (Å²) in [6.45, 7) is 3.41. The van der Waals surface area contributed by atoms with Gasteiger partial charge in [0.1, 0.15) is 17.3 Å². The number of hydrogen-bond donors (Lipinski definition) is 1. The van der Waals surface area contributed by atoms with Crippen molar-refractivity contribution >= 4 is 11.8 Å². The van der Waals surface area contributed by atoms with Gasteiger partial charge in [0.15, 0.2) is 6.10 Å². The number of rotatable bonds is 4. The summed E-state index contributed by atoms with van der Waals surface area (Å²) in [5, 5.41) is 2.85. The zero-order valence-electron chi connectivity index (χ0n) is 17.2. The van der Waals surface area contributed by atoms with E-state index in [0.717, 1.165) is 17.0 Å². The van der Waals surface area contributed by atoms with Crippen molar-refractivity contribution in [2.45, 2.75) is 38.6 Å². The van der Waals surface area contributed by atoms with Gasteiger partial charge in [-0.2, -0.15) is 0 Å². The number of aromatic nitrogens is 3. The van der Waals surface area contributed by atoms with E-state index in [-0.39, 0.29) is 17.9 Å². The Balaban J connectivity index is 1.27. The molecule has 8 heteroatoms. The van der Waals surface area contributed by atoms with Crippen LogP contribution in [0.2, 0.25) is 0 Å². The third-order valence-corrected chi connectivity index (χ3v) is 5.82. The molecule has 4 heterocycles. The standard InChI is InChI=1S/C23H23N5O3/c1-15-21-26-18(22(29)25-13-17-7-4-5-9-24-17)14-27(21)10-11-28(15)23(30)20-12-16-6-2-3-8-19(16)31-20/h2-9,14-15,20H,10-13H2,1H3,(H,25,29). The number of carbonyl (C=O) groups excluding carboxylic acids is 2. The average molecular weight is 417 g/mol. The molecule has 2 unspecified atom stereocenters. The lowest BCUT2D eigenvalue weighted by Gasteiger charge is -2.35. The van der Waals surface area contributed by atoms with Crippen LogP contribution < -0.4 is 10.1 Å². The summed E-state index contributed by atoms with van der Waals surface area (Å²) < 4.78 is 7.84. The normalized spacial score (nSPS) is 19.3. The van der Waals surface area contributed by atoms with Gasteiger partial charge >= 0.3 is 0 Å². The molecule has 158 valence electrons. The largest absolute Gasteiger partial charge is 0.480 e. The number of nitrogens with one attached hydrogen (secondary N) is 1. The van der Waals surface area contributed by atoms with Crippen LogP contribution in [0.3, 0.4) is 0 Å². The quantitative estimate of drug-likeness (QED) is 0.702. The van der Waals surface area contributed by atoms with Crippen LogP contribution >= 0.6 is 0 Å². The maximum absolute atomic E-state index is 13.2. The summed E-state index contributed by atoms with van der Waals surface area (Å²) in [6, 6.07) is 13.1. The van der Waals surface area contributed by atoms with E-state index in [1.54, 1.807) is 17.3 Å². The molecule has 31 heavy (non-hydrogen) atoms. The molecule has 2 aromatic heterocycles. The Hall–Kier alpha value is -3.68. The summed E-state index contributed by atoms with van der Waals surface area (Å²) in [4.78, 5) is 36.3. The summed E-state index contributed by atoms with van der Waals surface area (Å²) in [5.41, 5.74) is 2.18. The van der Waals surface area contributed by atoms with Crippen molar-refractivity contribution in [2.24, 2.45) is 0 Å². The number of imidazole rings is 1. The molecular weight excluding hydrogens is 394 g/mol. The summed E-state index contributed by atoms with van der Waals surface area (Å²) in [6.07, 6.45) is 3.51. The topological polar surface area (TPSA) is 89.4 Å². The zero-order chi connectivity index (χ0) is 21.4. The van der Waals surface area contributed by atoms with Crippen LogP contribution in [-0.4, -0.2) is 43.9 Å². The van der Waals surface area contributed by atoms with Crippen LogP contribution in [-0.2, 0) is 24.3 Å². The minimum Gasteiger partial charge on any atom is -0.480 e. The Bertz CT molecular complexity index is 1100. The minimum absolute atomic E-state index is 0.0425. The molecule has 0 saturated carbocycles. The number of carbonyl (C=O) groups is 2. The van der Waals surface area contributed by atoms with E-state index >= 15 is 0 Å². The second-order valence-electron chi connectivity index (χ2n) is 7.81. The lowest BCUT2D eigenvalue weighted by atomic mass is 10.1. The molecule has 8 nitrogen and oxygen atoms in total. The van der Waals surface area contributed by atoms with E-state index in [2.05, 4.69) is 15.3 Å². The zero-order valence-corrected chi connectivity index (χ0v) is 17.2. The summed E-state index contributed by atoms with van der Waals surface area (Å²) in [5.74, 6) is 1.18. The number of nitrogens with zero attached hydrogens (tertiary/aromatic N) is 4. The molecule has 0 radical (unpaired) electrons. The van der Waals surface area contributed by atoms with Crippen LogP contribution in [0, 0.1) is 0 Å². The van der Waals surface area contributed by atoms with Gasteiger partial charge < -0.3 is 19.5 Å². The molecule has 2 atom stereocenters. The van der Waals surface area contributed by atoms with Crippen molar-refractivity contribution in [1.29, 1.82) is 0 Å². The van der Waals surface area contributed by atoms with Crippen molar-refractivity contribution in [1.82, 2.24) is 24.8 Å². The minimum atomic E-state index is -0.512. The van der Waals surface area contributed by atoms with Gasteiger partial charge in [0.25, 0.3) is 11.8 Å². The highest BCUT2D eigenvalue weighted by Crippen LogP contribution is 2.32. The van der Waals surface area contributed by atoms with Crippen LogP contribution in [0.15, 0.2) is 54.9 Å². The van der Waals surface area contributed by atoms with Gasteiger partial charge in [-0.25, -0.2) is 4.98 Å².